The van der Waals surface area contributed by atoms with Crippen LogP contribution in [-0.4, -0.2) is 73.5 Å². The van der Waals surface area contributed by atoms with Gasteiger partial charge in [-0.05, 0) is 69.3 Å². The Bertz CT molecular complexity index is 1460. The van der Waals surface area contributed by atoms with E-state index in [0.717, 1.165) is 81.0 Å². The predicted molar refractivity (Wildman–Crippen MR) is 152 cm³/mol. The highest BCUT2D eigenvalue weighted by Crippen LogP contribution is 2.41. The first-order chi connectivity index (χ1) is 18.5. The molecule has 0 radical (unpaired) electrons. The van der Waals surface area contributed by atoms with Crippen molar-refractivity contribution in [3.8, 4) is 11.3 Å². The van der Waals surface area contributed by atoms with Crippen molar-refractivity contribution in [2.75, 3.05) is 45.7 Å². The van der Waals surface area contributed by atoms with Crippen LogP contribution < -0.4 is 10.6 Å². The number of likely N-dealkylation sites (tertiary alicyclic amines) is 1. The number of ether oxygens (including phenoxy) is 2. The lowest BCUT2D eigenvalue weighted by Gasteiger charge is -2.33. The zero-order chi connectivity index (χ0) is 26.2. The van der Waals surface area contributed by atoms with E-state index in [9.17, 15) is 4.79 Å². The van der Waals surface area contributed by atoms with Crippen LogP contribution in [0.4, 0.5) is 5.69 Å². The first kappa shape index (κ1) is 25.2. The van der Waals surface area contributed by atoms with Gasteiger partial charge in [0.1, 0.15) is 4.88 Å². The van der Waals surface area contributed by atoms with Gasteiger partial charge in [0.25, 0.3) is 5.91 Å². The maximum Gasteiger partial charge on any atom is 0.263 e. The Labute approximate surface area is 226 Å². The van der Waals surface area contributed by atoms with Crippen LogP contribution >= 0.6 is 11.3 Å². The van der Waals surface area contributed by atoms with Crippen LogP contribution in [0.15, 0.2) is 42.6 Å². The molecule has 2 aliphatic heterocycles. The summed E-state index contributed by atoms with van der Waals surface area (Å²) in [5.41, 5.74) is 4.88. The molecule has 1 amide bonds. The first-order valence-electron chi connectivity index (χ1n) is 13.2. The maximum absolute atomic E-state index is 12.7. The quantitative estimate of drug-likeness (QED) is 0.344. The highest BCUT2D eigenvalue weighted by atomic mass is 32.1. The van der Waals surface area contributed by atoms with Gasteiger partial charge in [0.15, 0.2) is 6.29 Å². The molecule has 2 N–H and O–H groups in total. The minimum atomic E-state index is -0.177. The van der Waals surface area contributed by atoms with Crippen LogP contribution in [-0.2, 0) is 9.47 Å². The van der Waals surface area contributed by atoms with E-state index in [4.69, 9.17) is 19.4 Å². The van der Waals surface area contributed by atoms with Gasteiger partial charge in [-0.1, -0.05) is 0 Å². The molecule has 0 bridgehead atoms. The zero-order valence-electron chi connectivity index (χ0n) is 22.0. The Morgan fingerprint density at radius 2 is 1.92 bits per heavy atom. The van der Waals surface area contributed by atoms with Crippen LogP contribution in [0.25, 0.3) is 32.2 Å². The molecule has 1 saturated heterocycles. The van der Waals surface area contributed by atoms with E-state index in [1.54, 1.807) is 14.2 Å². The van der Waals surface area contributed by atoms with E-state index in [2.05, 4.69) is 45.9 Å². The summed E-state index contributed by atoms with van der Waals surface area (Å²) in [6, 6.07) is 12.7. The normalized spacial score (nSPS) is 18.9. The highest BCUT2D eigenvalue weighted by Gasteiger charge is 2.25. The van der Waals surface area contributed by atoms with Crippen LogP contribution in [0.3, 0.4) is 0 Å². The number of aromatic nitrogens is 2. The summed E-state index contributed by atoms with van der Waals surface area (Å²) in [6.45, 7) is 5.53. The van der Waals surface area contributed by atoms with Crippen LogP contribution in [0.2, 0.25) is 0 Å². The molecule has 0 spiro atoms. The van der Waals surface area contributed by atoms with Crippen LogP contribution in [0.5, 0.6) is 0 Å². The summed E-state index contributed by atoms with van der Waals surface area (Å²) in [4.78, 5) is 25.7. The average molecular weight is 532 g/mol. The van der Waals surface area contributed by atoms with E-state index < -0.39 is 0 Å². The number of carbonyl (C=O) groups excluding carboxylic acids is 1. The highest BCUT2D eigenvalue weighted by molar-refractivity contribution is 7.21. The van der Waals surface area contributed by atoms with Crippen molar-refractivity contribution in [1.29, 1.82) is 0 Å². The molecule has 1 aromatic carbocycles. The van der Waals surface area contributed by atoms with Crippen molar-refractivity contribution in [3.05, 3.63) is 53.2 Å². The zero-order valence-corrected chi connectivity index (χ0v) is 22.8. The topological polar surface area (TPSA) is 88.6 Å². The van der Waals surface area contributed by atoms with E-state index in [-0.39, 0.29) is 18.2 Å². The first-order valence-corrected chi connectivity index (χ1v) is 14.0. The smallest absolute Gasteiger partial charge is 0.263 e. The third-order valence-corrected chi connectivity index (χ3v) is 8.87. The number of piperidine rings is 1. The largest absolute Gasteiger partial charge is 0.381 e. The van der Waals surface area contributed by atoms with Gasteiger partial charge in [-0.15, -0.1) is 11.3 Å². The van der Waals surface area contributed by atoms with Crippen molar-refractivity contribution in [2.45, 2.75) is 38.0 Å². The minimum absolute atomic E-state index is 0.0117. The summed E-state index contributed by atoms with van der Waals surface area (Å²) in [6.07, 6.45) is 3.92. The number of pyridine rings is 2. The fourth-order valence-corrected chi connectivity index (χ4v) is 6.65. The average Bonchev–Trinajstić information content (AvgIpc) is 3.27. The van der Waals surface area contributed by atoms with Gasteiger partial charge < -0.3 is 20.1 Å². The lowest BCUT2D eigenvalue weighted by Crippen LogP contribution is -2.39. The molecule has 38 heavy (non-hydrogen) atoms. The minimum Gasteiger partial charge on any atom is -0.381 e. The van der Waals surface area contributed by atoms with Crippen molar-refractivity contribution >= 4 is 43.9 Å². The number of carbonyl (C=O) groups is 1. The molecule has 4 aromatic rings. The lowest BCUT2D eigenvalue weighted by atomic mass is 9.92. The summed E-state index contributed by atoms with van der Waals surface area (Å²) in [5, 5.41) is 8.68. The Hall–Kier alpha value is -3.11. The molecule has 5 heterocycles. The third kappa shape index (κ3) is 4.75. The Balaban J connectivity index is 1.22. The van der Waals surface area contributed by atoms with Crippen molar-refractivity contribution in [3.63, 3.8) is 0 Å². The number of nitrogens with one attached hydrogen (secondary N) is 2. The molecule has 8 nitrogen and oxygen atoms in total. The Morgan fingerprint density at radius 1 is 1.11 bits per heavy atom. The predicted octanol–water partition coefficient (Wildman–Crippen LogP) is 4.85. The Morgan fingerprint density at radius 3 is 2.66 bits per heavy atom. The number of hydrogen-bond acceptors (Lipinski definition) is 8. The van der Waals surface area contributed by atoms with E-state index in [1.165, 1.54) is 11.3 Å². The number of fused-ring (bicyclic) bond motifs is 5. The van der Waals surface area contributed by atoms with Crippen molar-refractivity contribution in [2.24, 2.45) is 0 Å². The fourth-order valence-electron chi connectivity index (χ4n) is 5.55. The molecule has 9 heteroatoms. The van der Waals surface area contributed by atoms with Gasteiger partial charge in [-0.3, -0.25) is 14.7 Å². The van der Waals surface area contributed by atoms with Gasteiger partial charge in [-0.2, -0.15) is 0 Å². The maximum atomic E-state index is 12.7. The van der Waals surface area contributed by atoms with Gasteiger partial charge in [-0.25, -0.2) is 4.98 Å². The van der Waals surface area contributed by atoms with Crippen molar-refractivity contribution < 1.29 is 14.3 Å². The van der Waals surface area contributed by atoms with E-state index >= 15 is 0 Å². The number of nitrogens with zero attached hydrogens (tertiary/aromatic N) is 3. The lowest BCUT2D eigenvalue weighted by molar-refractivity contribution is -0.118. The second-order valence-electron chi connectivity index (χ2n) is 10.2. The van der Waals surface area contributed by atoms with Crippen LogP contribution in [0, 0.1) is 0 Å². The number of amides is 1. The molecule has 0 saturated carbocycles. The summed E-state index contributed by atoms with van der Waals surface area (Å²) in [5.74, 6) is 0.449. The molecule has 6 rings (SSSR count). The van der Waals surface area contributed by atoms with Gasteiger partial charge in [0.05, 0.1) is 16.9 Å². The van der Waals surface area contributed by atoms with Crippen molar-refractivity contribution in [1.82, 2.24) is 20.2 Å². The number of rotatable bonds is 6. The number of hydrogen-bond donors (Lipinski definition) is 2. The van der Waals surface area contributed by atoms with Crippen LogP contribution in [0.1, 0.15) is 41.0 Å². The fraction of sp³-hybridized carbons (Fsp3) is 0.414. The molecule has 2 aliphatic rings. The molecule has 3 aromatic heterocycles. The number of methoxy groups -OCH3 is 2. The van der Waals surface area contributed by atoms with E-state index in [0.29, 0.717) is 12.5 Å². The molecule has 0 unspecified atom stereocenters. The summed E-state index contributed by atoms with van der Waals surface area (Å²) in [7, 11) is 3.37. The van der Waals surface area contributed by atoms with Gasteiger partial charge in [0, 0.05) is 72.2 Å². The number of benzene rings is 1. The SMILES string of the molecule is COC(CN1CCC(c2ccc(-c3ccc4c(ccc5sc6c(c54)NC[C@@H](C)NC6=O)n3)cn2)CC1)OC. The standard InChI is InChI=1S/C29H33N5O3S/c1-17-14-31-27-26-20-5-7-22(33-23(20)8-9-24(26)38-28(27)29(35)32-17)19-4-6-21(30-15-19)18-10-12-34(13-11-18)16-25(36-2)37-3/h4-9,15,17-18,25,31H,10-14,16H2,1-3H3,(H,32,35)/t17-/m1/s1. The van der Waals surface area contributed by atoms with E-state index in [1.807, 2.05) is 19.2 Å². The second-order valence-corrected chi connectivity index (χ2v) is 11.3. The molecular formula is C29H33N5O3S. The molecular weight excluding hydrogens is 498 g/mol. The number of anilines is 1. The molecule has 0 aliphatic carbocycles. The third-order valence-electron chi connectivity index (χ3n) is 7.71. The second kappa shape index (κ2) is 10.6. The monoisotopic (exact) mass is 531 g/mol. The van der Waals surface area contributed by atoms with Gasteiger partial charge in [0.2, 0.25) is 0 Å². The van der Waals surface area contributed by atoms with Gasteiger partial charge >= 0.3 is 0 Å². The summed E-state index contributed by atoms with van der Waals surface area (Å²) >= 11 is 1.53. The molecule has 198 valence electrons. The number of thiophene rings is 1. The Kier molecular flexibility index (Phi) is 7.01. The molecule has 1 fully saturated rings. The summed E-state index contributed by atoms with van der Waals surface area (Å²) < 4.78 is 11.8. The molecule has 1 atom stereocenters.